The summed E-state index contributed by atoms with van der Waals surface area (Å²) < 4.78 is 25.7. The van der Waals surface area contributed by atoms with Gasteiger partial charge in [0.1, 0.15) is 0 Å². The molecule has 0 saturated carbocycles. The molecule has 7 heteroatoms. The van der Waals surface area contributed by atoms with Gasteiger partial charge in [0.2, 0.25) is 0 Å². The van der Waals surface area contributed by atoms with Gasteiger partial charge in [-0.1, -0.05) is 6.92 Å². The molecule has 2 N–H and O–H groups in total. The topological polar surface area (TPSA) is 86.7 Å². The molecule has 1 saturated heterocycles. The molecular formula is C6H12N2O4S. The Kier molecular flexibility index (Phi) is 2.89. The minimum absolute atomic E-state index is 0.0324. The zero-order valence-corrected chi connectivity index (χ0v) is 8.04. The first-order valence-electron chi connectivity index (χ1n) is 3.91. The highest BCUT2D eigenvalue weighted by molar-refractivity contribution is 7.87. The van der Waals surface area contributed by atoms with Gasteiger partial charge in [0, 0.05) is 19.6 Å². The quantitative estimate of drug-likeness (QED) is 0.613. The summed E-state index contributed by atoms with van der Waals surface area (Å²) in [5, 5.41) is 8.57. The van der Waals surface area contributed by atoms with Gasteiger partial charge < -0.3 is 5.11 Å². The molecule has 6 nitrogen and oxygen atoms in total. The number of carboxylic acids is 1. The molecule has 76 valence electrons. The van der Waals surface area contributed by atoms with Gasteiger partial charge in [-0.3, -0.25) is 4.79 Å². The van der Waals surface area contributed by atoms with Crippen molar-refractivity contribution < 1.29 is 18.3 Å². The third-order valence-electron chi connectivity index (χ3n) is 1.88. The van der Waals surface area contributed by atoms with Crippen molar-refractivity contribution in [1.29, 1.82) is 0 Å². The summed E-state index contributed by atoms with van der Waals surface area (Å²) in [4.78, 5) is 10.5. The lowest BCUT2D eigenvalue weighted by Gasteiger charge is -2.15. The first-order valence-corrected chi connectivity index (χ1v) is 5.35. The summed E-state index contributed by atoms with van der Waals surface area (Å²) in [6.07, 6.45) is 0. The molecule has 1 atom stereocenters. The van der Waals surface area contributed by atoms with Crippen molar-refractivity contribution in [3.63, 3.8) is 0 Å². The molecule has 1 rings (SSSR count). The van der Waals surface area contributed by atoms with Crippen LogP contribution < -0.4 is 4.72 Å². The number of hydrogen-bond donors (Lipinski definition) is 2. The molecule has 1 unspecified atom stereocenters. The predicted molar refractivity (Wildman–Crippen MR) is 45.3 cm³/mol. The summed E-state index contributed by atoms with van der Waals surface area (Å²) in [5.74, 6) is -1.66. The Morgan fingerprint density at radius 2 is 2.31 bits per heavy atom. The Labute approximate surface area is 76.7 Å². The van der Waals surface area contributed by atoms with Gasteiger partial charge in [-0.25, -0.2) is 4.72 Å². The number of carbonyl (C=O) groups is 1. The second kappa shape index (κ2) is 3.60. The second-order valence-corrected chi connectivity index (χ2v) is 4.75. The van der Waals surface area contributed by atoms with E-state index in [1.807, 2.05) is 0 Å². The van der Waals surface area contributed by atoms with Crippen LogP contribution in [0.15, 0.2) is 0 Å². The minimum atomic E-state index is -3.40. The van der Waals surface area contributed by atoms with Crippen molar-refractivity contribution in [2.75, 3.05) is 19.6 Å². The van der Waals surface area contributed by atoms with Gasteiger partial charge in [0.25, 0.3) is 10.2 Å². The molecule has 1 aliphatic rings. The van der Waals surface area contributed by atoms with Crippen molar-refractivity contribution in [1.82, 2.24) is 9.03 Å². The minimum Gasteiger partial charge on any atom is -0.481 e. The molecule has 0 spiro atoms. The fourth-order valence-corrected chi connectivity index (χ4v) is 2.37. The van der Waals surface area contributed by atoms with Crippen molar-refractivity contribution in [3.05, 3.63) is 0 Å². The van der Waals surface area contributed by atoms with E-state index in [0.717, 1.165) is 4.31 Å². The highest BCUT2D eigenvalue weighted by Gasteiger charge is 2.30. The van der Waals surface area contributed by atoms with Crippen LogP contribution in [0.2, 0.25) is 0 Å². The molecule has 1 heterocycles. The lowest BCUT2D eigenvalue weighted by atomic mass is 10.2. The van der Waals surface area contributed by atoms with Gasteiger partial charge >= 0.3 is 5.97 Å². The van der Waals surface area contributed by atoms with E-state index in [-0.39, 0.29) is 6.54 Å². The summed E-state index contributed by atoms with van der Waals surface area (Å²) in [5.41, 5.74) is 0. The molecular weight excluding hydrogens is 196 g/mol. The van der Waals surface area contributed by atoms with E-state index < -0.39 is 22.1 Å². The van der Waals surface area contributed by atoms with Crippen LogP contribution in [0.25, 0.3) is 0 Å². The van der Waals surface area contributed by atoms with Gasteiger partial charge in [0.15, 0.2) is 0 Å². The highest BCUT2D eigenvalue weighted by Crippen LogP contribution is 2.08. The van der Waals surface area contributed by atoms with Gasteiger partial charge in [-0.05, 0) is 0 Å². The van der Waals surface area contributed by atoms with E-state index in [1.54, 1.807) is 0 Å². The van der Waals surface area contributed by atoms with E-state index in [2.05, 4.69) is 4.72 Å². The van der Waals surface area contributed by atoms with E-state index >= 15 is 0 Å². The van der Waals surface area contributed by atoms with Crippen LogP contribution in [0, 0.1) is 5.92 Å². The normalized spacial score (nSPS) is 24.4. The molecule has 0 bridgehead atoms. The van der Waals surface area contributed by atoms with Crippen molar-refractivity contribution in [2.45, 2.75) is 6.92 Å². The third kappa shape index (κ3) is 2.39. The smallest absolute Gasteiger partial charge is 0.307 e. The van der Waals surface area contributed by atoms with Gasteiger partial charge in [0.05, 0.1) is 5.92 Å². The van der Waals surface area contributed by atoms with Crippen molar-refractivity contribution in [2.24, 2.45) is 5.92 Å². The lowest BCUT2D eigenvalue weighted by Crippen LogP contribution is -2.35. The first kappa shape index (κ1) is 10.4. The number of nitrogens with zero attached hydrogens (tertiary/aromatic N) is 1. The third-order valence-corrected chi connectivity index (χ3v) is 3.47. The van der Waals surface area contributed by atoms with Crippen molar-refractivity contribution >= 4 is 16.2 Å². The molecule has 13 heavy (non-hydrogen) atoms. The largest absolute Gasteiger partial charge is 0.481 e. The zero-order chi connectivity index (χ0) is 10.1. The number of rotatable bonds is 3. The maximum Gasteiger partial charge on any atom is 0.307 e. The van der Waals surface area contributed by atoms with Crippen LogP contribution in [-0.2, 0) is 15.0 Å². The molecule has 0 aromatic carbocycles. The zero-order valence-electron chi connectivity index (χ0n) is 7.23. The molecule has 0 radical (unpaired) electrons. The SMILES string of the molecule is CC(CN1CCNS1(=O)=O)C(=O)O. The number of aliphatic carboxylic acids is 1. The van der Waals surface area contributed by atoms with Crippen LogP contribution in [-0.4, -0.2) is 43.4 Å². The van der Waals surface area contributed by atoms with Crippen LogP contribution in [0.3, 0.4) is 0 Å². The Morgan fingerprint density at radius 3 is 2.69 bits per heavy atom. The highest BCUT2D eigenvalue weighted by atomic mass is 32.2. The Morgan fingerprint density at radius 1 is 1.69 bits per heavy atom. The van der Waals surface area contributed by atoms with Gasteiger partial charge in [-0.15, -0.1) is 0 Å². The van der Waals surface area contributed by atoms with Crippen LogP contribution in [0.1, 0.15) is 6.92 Å². The fourth-order valence-electron chi connectivity index (χ4n) is 1.08. The fraction of sp³-hybridized carbons (Fsp3) is 0.833. The van der Waals surface area contributed by atoms with Crippen molar-refractivity contribution in [3.8, 4) is 0 Å². The van der Waals surface area contributed by atoms with Crippen LogP contribution >= 0.6 is 0 Å². The molecule has 0 aliphatic carbocycles. The predicted octanol–water partition coefficient (Wildman–Crippen LogP) is -1.14. The lowest BCUT2D eigenvalue weighted by molar-refractivity contribution is -0.141. The summed E-state index contributed by atoms with van der Waals surface area (Å²) in [7, 11) is -3.40. The second-order valence-electron chi connectivity index (χ2n) is 3.00. The molecule has 1 fully saturated rings. The molecule has 0 aromatic rings. The monoisotopic (exact) mass is 208 g/mol. The number of hydrogen-bond acceptors (Lipinski definition) is 3. The van der Waals surface area contributed by atoms with Crippen LogP contribution in [0.4, 0.5) is 0 Å². The van der Waals surface area contributed by atoms with Crippen LogP contribution in [0.5, 0.6) is 0 Å². The average Bonchev–Trinajstić information content (AvgIpc) is 2.30. The molecule has 0 amide bonds. The van der Waals surface area contributed by atoms with Gasteiger partial charge in [-0.2, -0.15) is 12.7 Å². The number of nitrogens with one attached hydrogen (secondary N) is 1. The summed E-state index contributed by atoms with van der Waals surface area (Å²) in [6.45, 7) is 2.22. The Hall–Kier alpha value is -0.660. The summed E-state index contributed by atoms with van der Waals surface area (Å²) >= 11 is 0. The first-order chi connectivity index (χ1) is 5.93. The Balaban J connectivity index is 2.60. The van der Waals surface area contributed by atoms with E-state index in [4.69, 9.17) is 5.11 Å². The maximum absolute atomic E-state index is 11.1. The molecule has 0 aromatic heterocycles. The van der Waals surface area contributed by atoms with E-state index in [0.29, 0.717) is 13.1 Å². The van der Waals surface area contributed by atoms with E-state index in [9.17, 15) is 13.2 Å². The maximum atomic E-state index is 11.1. The summed E-state index contributed by atoms with van der Waals surface area (Å²) in [6, 6.07) is 0. The standard InChI is InChI=1S/C6H12N2O4S/c1-5(6(9)10)4-8-3-2-7-13(8,11)12/h5,7H,2-4H2,1H3,(H,9,10). The molecule has 1 aliphatic heterocycles. The average molecular weight is 208 g/mol. The van der Waals surface area contributed by atoms with E-state index in [1.165, 1.54) is 6.92 Å². The Bertz CT molecular complexity index is 300. The number of carboxylic acid groups (broad SMARTS) is 1.